The van der Waals surface area contributed by atoms with E-state index in [4.69, 9.17) is 11.6 Å². The first-order valence-corrected chi connectivity index (χ1v) is 5.81. The zero-order chi connectivity index (χ0) is 14.3. The van der Waals surface area contributed by atoms with Crippen LogP contribution in [-0.2, 0) is 14.3 Å². The summed E-state index contributed by atoms with van der Waals surface area (Å²) in [6.45, 7) is -0.00936. The van der Waals surface area contributed by atoms with Crippen molar-refractivity contribution in [2.75, 3.05) is 20.8 Å². The minimum Gasteiger partial charge on any atom is -0.466 e. The Morgan fingerprint density at radius 1 is 1.26 bits per heavy atom. The van der Waals surface area contributed by atoms with E-state index >= 15 is 0 Å². The minimum atomic E-state index is -0.631. The number of benzene rings is 1. The summed E-state index contributed by atoms with van der Waals surface area (Å²) in [5.74, 6) is -0.545. The molecule has 1 aromatic carbocycles. The molecule has 0 fully saturated rings. The molecule has 1 N–H and O–H groups in total. The molecule has 0 aliphatic rings. The summed E-state index contributed by atoms with van der Waals surface area (Å²) in [6.07, 6.45) is 0.929. The van der Waals surface area contributed by atoms with Crippen LogP contribution in [0.5, 0.6) is 0 Å². The maximum Gasteiger partial charge on any atom is 0.407 e. The van der Waals surface area contributed by atoms with Gasteiger partial charge in [0.1, 0.15) is 0 Å². The second kappa shape index (κ2) is 7.43. The highest BCUT2D eigenvalue weighted by Crippen LogP contribution is 2.18. The molecule has 0 saturated heterocycles. The molecule has 102 valence electrons. The van der Waals surface area contributed by atoms with Crippen LogP contribution in [-0.4, -0.2) is 32.8 Å². The molecule has 1 amide bonds. The number of amides is 1. The quantitative estimate of drug-likeness (QED) is 0.680. The van der Waals surface area contributed by atoms with E-state index in [9.17, 15) is 9.59 Å². The summed E-state index contributed by atoms with van der Waals surface area (Å²) in [4.78, 5) is 22.6. The van der Waals surface area contributed by atoms with Crippen LogP contribution in [0, 0.1) is 0 Å². The summed E-state index contributed by atoms with van der Waals surface area (Å²) in [6, 6.07) is 7.03. The molecule has 19 heavy (non-hydrogen) atoms. The van der Waals surface area contributed by atoms with Crippen molar-refractivity contribution in [1.82, 2.24) is 5.32 Å². The Morgan fingerprint density at radius 3 is 2.53 bits per heavy atom. The Hall–Kier alpha value is -2.01. The molecular formula is C13H14ClNO4. The average molecular weight is 284 g/mol. The molecule has 6 heteroatoms. The number of rotatable bonds is 4. The van der Waals surface area contributed by atoms with Gasteiger partial charge >= 0.3 is 12.1 Å². The maximum absolute atomic E-state index is 11.6. The number of alkyl carbamates (subject to hydrolysis) is 1. The second-order valence-corrected chi connectivity index (χ2v) is 3.94. The fourth-order valence-corrected chi connectivity index (χ4v) is 1.52. The number of methoxy groups -OCH3 is 2. The second-order valence-electron chi connectivity index (χ2n) is 3.53. The fraction of sp³-hybridized carbons (Fsp3) is 0.231. The van der Waals surface area contributed by atoms with E-state index in [2.05, 4.69) is 14.8 Å². The number of carbonyl (C=O) groups excluding carboxylic acids is 2. The molecule has 0 aliphatic heterocycles. The van der Waals surface area contributed by atoms with Gasteiger partial charge in [0.25, 0.3) is 0 Å². The summed E-state index contributed by atoms with van der Waals surface area (Å²) >= 11 is 6.00. The predicted octanol–water partition coefficient (Wildman–Crippen LogP) is 2.25. The third-order valence-electron chi connectivity index (χ3n) is 2.29. The van der Waals surface area contributed by atoms with Crippen LogP contribution >= 0.6 is 11.6 Å². The molecule has 0 aliphatic carbocycles. The van der Waals surface area contributed by atoms with Gasteiger partial charge in [-0.1, -0.05) is 29.8 Å². The number of carbonyl (C=O) groups is 2. The van der Waals surface area contributed by atoms with E-state index in [-0.39, 0.29) is 12.1 Å². The molecule has 0 heterocycles. The van der Waals surface area contributed by atoms with E-state index in [1.54, 1.807) is 30.3 Å². The number of esters is 1. The SMILES string of the molecule is COC(=O)NC/C(=C\c1ccccc1Cl)C(=O)OC. The Bertz CT molecular complexity index is 499. The van der Waals surface area contributed by atoms with Crippen molar-refractivity contribution >= 4 is 29.7 Å². The van der Waals surface area contributed by atoms with Gasteiger partial charge in [-0.25, -0.2) is 9.59 Å². The molecule has 0 spiro atoms. The Labute approximate surface area is 116 Å². The highest BCUT2D eigenvalue weighted by molar-refractivity contribution is 6.32. The van der Waals surface area contributed by atoms with Crippen molar-refractivity contribution in [2.24, 2.45) is 0 Å². The van der Waals surface area contributed by atoms with Crippen LogP contribution in [0.25, 0.3) is 6.08 Å². The van der Waals surface area contributed by atoms with Crippen LogP contribution in [0.1, 0.15) is 5.56 Å². The lowest BCUT2D eigenvalue weighted by Crippen LogP contribution is -2.27. The van der Waals surface area contributed by atoms with Crippen LogP contribution in [0.2, 0.25) is 5.02 Å². The lowest BCUT2D eigenvalue weighted by molar-refractivity contribution is -0.136. The smallest absolute Gasteiger partial charge is 0.407 e. The molecule has 0 atom stereocenters. The van der Waals surface area contributed by atoms with Crippen LogP contribution in [0.4, 0.5) is 4.79 Å². The fourth-order valence-electron chi connectivity index (χ4n) is 1.33. The molecule has 0 unspecified atom stereocenters. The van der Waals surface area contributed by atoms with E-state index in [0.29, 0.717) is 10.6 Å². The summed E-state index contributed by atoms with van der Waals surface area (Å²) in [5.41, 5.74) is 0.928. The third kappa shape index (κ3) is 4.63. The van der Waals surface area contributed by atoms with Gasteiger partial charge in [-0.05, 0) is 17.7 Å². The Morgan fingerprint density at radius 2 is 1.95 bits per heavy atom. The van der Waals surface area contributed by atoms with Crippen molar-refractivity contribution in [3.63, 3.8) is 0 Å². The molecule has 1 rings (SSSR count). The number of nitrogens with one attached hydrogen (secondary N) is 1. The topological polar surface area (TPSA) is 64.6 Å². The number of ether oxygens (including phenoxy) is 2. The van der Waals surface area contributed by atoms with Gasteiger partial charge in [-0.15, -0.1) is 0 Å². The van der Waals surface area contributed by atoms with Crippen molar-refractivity contribution in [3.05, 3.63) is 40.4 Å². The van der Waals surface area contributed by atoms with Crippen molar-refractivity contribution < 1.29 is 19.1 Å². The normalized spacial score (nSPS) is 10.8. The highest BCUT2D eigenvalue weighted by Gasteiger charge is 2.12. The Balaban J connectivity index is 2.94. The molecule has 1 aromatic rings. The summed E-state index contributed by atoms with van der Waals surface area (Å²) in [5, 5.41) is 2.92. The first-order chi connectivity index (χ1) is 9.08. The summed E-state index contributed by atoms with van der Waals surface area (Å²) < 4.78 is 9.08. The molecule has 5 nitrogen and oxygen atoms in total. The minimum absolute atomic E-state index is 0.00936. The van der Waals surface area contributed by atoms with Crippen LogP contribution in [0.15, 0.2) is 29.8 Å². The first-order valence-electron chi connectivity index (χ1n) is 5.43. The zero-order valence-electron chi connectivity index (χ0n) is 10.6. The van der Waals surface area contributed by atoms with Crippen molar-refractivity contribution in [3.8, 4) is 0 Å². The van der Waals surface area contributed by atoms with Crippen LogP contribution < -0.4 is 5.32 Å². The first kappa shape index (κ1) is 15.0. The zero-order valence-corrected chi connectivity index (χ0v) is 11.4. The third-order valence-corrected chi connectivity index (χ3v) is 2.64. The summed E-state index contributed by atoms with van der Waals surface area (Å²) in [7, 11) is 2.51. The van der Waals surface area contributed by atoms with Gasteiger partial charge in [0.2, 0.25) is 0 Å². The molecule has 0 aromatic heterocycles. The van der Waals surface area contributed by atoms with Gasteiger partial charge in [-0.2, -0.15) is 0 Å². The molecular weight excluding hydrogens is 270 g/mol. The van der Waals surface area contributed by atoms with Gasteiger partial charge in [-0.3, -0.25) is 0 Å². The van der Waals surface area contributed by atoms with Gasteiger partial charge in [0.05, 0.1) is 26.3 Å². The molecule has 0 radical (unpaired) electrons. The van der Waals surface area contributed by atoms with E-state index in [1.807, 2.05) is 0 Å². The van der Waals surface area contributed by atoms with E-state index < -0.39 is 12.1 Å². The van der Waals surface area contributed by atoms with E-state index in [0.717, 1.165) is 0 Å². The van der Waals surface area contributed by atoms with Crippen LogP contribution in [0.3, 0.4) is 0 Å². The van der Waals surface area contributed by atoms with Crippen molar-refractivity contribution in [2.45, 2.75) is 0 Å². The van der Waals surface area contributed by atoms with E-state index in [1.165, 1.54) is 14.2 Å². The maximum atomic E-state index is 11.6. The number of hydrogen-bond acceptors (Lipinski definition) is 4. The number of hydrogen-bond donors (Lipinski definition) is 1. The average Bonchev–Trinajstić information content (AvgIpc) is 2.44. The lowest BCUT2D eigenvalue weighted by Gasteiger charge is -2.07. The Kier molecular flexibility index (Phi) is 5.89. The van der Waals surface area contributed by atoms with Crippen molar-refractivity contribution in [1.29, 1.82) is 0 Å². The predicted molar refractivity (Wildman–Crippen MR) is 71.9 cm³/mol. The highest BCUT2D eigenvalue weighted by atomic mass is 35.5. The van der Waals surface area contributed by atoms with Gasteiger partial charge in [0, 0.05) is 5.02 Å². The van der Waals surface area contributed by atoms with Gasteiger partial charge in [0.15, 0.2) is 0 Å². The molecule has 0 bridgehead atoms. The van der Waals surface area contributed by atoms with Gasteiger partial charge < -0.3 is 14.8 Å². The lowest BCUT2D eigenvalue weighted by atomic mass is 10.1. The standard InChI is InChI=1S/C13H14ClNO4/c1-18-12(16)10(8-15-13(17)19-2)7-9-5-3-4-6-11(9)14/h3-7H,8H2,1-2H3,(H,15,17)/b10-7+. The number of halogens is 1. The molecule has 0 saturated carbocycles. The largest absolute Gasteiger partial charge is 0.466 e. The monoisotopic (exact) mass is 283 g/mol.